The molecule has 0 aromatic heterocycles. The summed E-state index contributed by atoms with van der Waals surface area (Å²) in [5.74, 6) is -0.310. The molecule has 0 fully saturated rings. The van der Waals surface area contributed by atoms with E-state index in [-0.39, 0.29) is 11.9 Å². The molecule has 0 spiro atoms. The Kier molecular flexibility index (Phi) is 23.9. The molecule has 0 radical (unpaired) electrons. The molecule has 0 saturated heterocycles. The number of esters is 2. The summed E-state index contributed by atoms with van der Waals surface area (Å²) in [6.07, 6.45) is 24.8. The van der Waals surface area contributed by atoms with E-state index in [1.807, 2.05) is 0 Å². The molecule has 4 heteroatoms. The molecule has 0 aliphatic carbocycles. The quantitative estimate of drug-likeness (QED) is 0.0919. The van der Waals surface area contributed by atoms with E-state index in [2.05, 4.69) is 26.0 Å². The molecular formula is C27H50O4. The van der Waals surface area contributed by atoms with Crippen LogP contribution >= 0.6 is 0 Å². The van der Waals surface area contributed by atoms with Gasteiger partial charge in [-0.15, -0.1) is 0 Å². The van der Waals surface area contributed by atoms with Crippen molar-refractivity contribution in [3.63, 3.8) is 0 Å². The molecule has 31 heavy (non-hydrogen) atoms. The Hall–Kier alpha value is -1.32. The predicted molar refractivity (Wildman–Crippen MR) is 130 cm³/mol. The minimum Gasteiger partial charge on any atom is -0.466 e. The van der Waals surface area contributed by atoms with E-state index in [0.29, 0.717) is 38.9 Å². The largest absolute Gasteiger partial charge is 0.466 e. The molecule has 182 valence electrons. The van der Waals surface area contributed by atoms with Crippen molar-refractivity contribution in [3.05, 3.63) is 12.2 Å². The summed E-state index contributed by atoms with van der Waals surface area (Å²) in [5.41, 5.74) is 0. The van der Waals surface area contributed by atoms with Gasteiger partial charge in [0.15, 0.2) is 0 Å². The molecule has 0 atom stereocenters. The van der Waals surface area contributed by atoms with Gasteiger partial charge >= 0.3 is 11.9 Å². The smallest absolute Gasteiger partial charge is 0.305 e. The second-order valence-corrected chi connectivity index (χ2v) is 8.59. The van der Waals surface area contributed by atoms with Crippen LogP contribution in [0.15, 0.2) is 12.2 Å². The summed E-state index contributed by atoms with van der Waals surface area (Å²) >= 11 is 0. The Bertz CT molecular complexity index is 431. The van der Waals surface area contributed by atoms with Gasteiger partial charge in [-0.05, 0) is 38.5 Å². The zero-order valence-electron chi connectivity index (χ0n) is 20.6. The highest BCUT2D eigenvalue weighted by molar-refractivity contribution is 5.70. The molecule has 0 unspecified atom stereocenters. The molecule has 4 nitrogen and oxygen atoms in total. The van der Waals surface area contributed by atoms with Gasteiger partial charge in [-0.3, -0.25) is 9.59 Å². The van der Waals surface area contributed by atoms with Crippen molar-refractivity contribution in [1.82, 2.24) is 0 Å². The predicted octanol–water partition coefficient (Wildman–Crippen LogP) is 8.08. The van der Waals surface area contributed by atoms with E-state index in [1.165, 1.54) is 70.6 Å². The second kappa shape index (κ2) is 24.9. The van der Waals surface area contributed by atoms with Crippen molar-refractivity contribution in [2.24, 2.45) is 0 Å². The van der Waals surface area contributed by atoms with E-state index in [4.69, 9.17) is 9.47 Å². The molecule has 0 bridgehead atoms. The van der Waals surface area contributed by atoms with E-state index < -0.39 is 0 Å². The van der Waals surface area contributed by atoms with Crippen molar-refractivity contribution in [2.75, 3.05) is 13.2 Å². The first-order valence-electron chi connectivity index (χ1n) is 13.2. The Balaban J connectivity index is 3.34. The summed E-state index contributed by atoms with van der Waals surface area (Å²) in [7, 11) is 0. The number of carbonyl (C=O) groups excluding carboxylic acids is 2. The number of allylic oxidation sites excluding steroid dienone is 1. The summed E-state index contributed by atoms with van der Waals surface area (Å²) in [4.78, 5) is 23.4. The Morgan fingerprint density at radius 1 is 0.516 bits per heavy atom. The summed E-state index contributed by atoms with van der Waals surface area (Å²) in [6, 6.07) is 0. The molecule has 0 aromatic rings. The van der Waals surface area contributed by atoms with Gasteiger partial charge < -0.3 is 9.47 Å². The minimum atomic E-state index is -0.168. The van der Waals surface area contributed by atoms with Crippen LogP contribution in [0.5, 0.6) is 0 Å². The number of hydrogen-bond acceptors (Lipinski definition) is 4. The maximum Gasteiger partial charge on any atom is 0.305 e. The molecule has 0 heterocycles. The van der Waals surface area contributed by atoms with E-state index in [9.17, 15) is 9.59 Å². The van der Waals surface area contributed by atoms with Gasteiger partial charge in [0, 0.05) is 12.8 Å². The van der Waals surface area contributed by atoms with Crippen molar-refractivity contribution in [2.45, 2.75) is 136 Å². The second-order valence-electron chi connectivity index (χ2n) is 8.59. The Labute approximate surface area is 192 Å². The third-order valence-electron chi connectivity index (χ3n) is 5.46. The fourth-order valence-electron chi connectivity index (χ4n) is 3.45. The third kappa shape index (κ3) is 24.8. The van der Waals surface area contributed by atoms with Crippen LogP contribution in [0.1, 0.15) is 136 Å². The average Bonchev–Trinajstić information content (AvgIpc) is 2.77. The maximum atomic E-state index is 11.7. The van der Waals surface area contributed by atoms with Crippen LogP contribution in [0.2, 0.25) is 0 Å². The fourth-order valence-corrected chi connectivity index (χ4v) is 3.45. The summed E-state index contributed by atoms with van der Waals surface area (Å²) in [6.45, 7) is 5.43. The van der Waals surface area contributed by atoms with Gasteiger partial charge in [-0.25, -0.2) is 0 Å². The highest BCUT2D eigenvalue weighted by atomic mass is 16.5. The van der Waals surface area contributed by atoms with Gasteiger partial charge in [0.25, 0.3) is 0 Å². The van der Waals surface area contributed by atoms with Gasteiger partial charge in [-0.1, -0.05) is 96.6 Å². The third-order valence-corrected chi connectivity index (χ3v) is 5.46. The maximum absolute atomic E-state index is 11.7. The van der Waals surface area contributed by atoms with Crippen LogP contribution in [0.3, 0.4) is 0 Å². The standard InChI is InChI=1S/C27H50O4/c1-3-5-7-9-11-12-13-15-17-21-25-31-27(29)23-19-18-22-26(28)30-24-20-16-14-10-8-6-4-2/h14,16H,3-13,15,17-25H2,1-2H3/b16-14-. The number of unbranched alkanes of at least 4 members (excludes halogenated alkanes) is 13. The number of ether oxygens (including phenoxy) is 2. The summed E-state index contributed by atoms with van der Waals surface area (Å²) < 4.78 is 10.5. The van der Waals surface area contributed by atoms with Crippen LogP contribution in [0, 0.1) is 0 Å². The first-order valence-corrected chi connectivity index (χ1v) is 13.2. The first-order chi connectivity index (χ1) is 15.2. The minimum absolute atomic E-state index is 0.141. The van der Waals surface area contributed by atoms with Crippen molar-refractivity contribution in [1.29, 1.82) is 0 Å². The van der Waals surface area contributed by atoms with Crippen LogP contribution in [-0.4, -0.2) is 25.2 Å². The van der Waals surface area contributed by atoms with Crippen molar-refractivity contribution >= 4 is 11.9 Å². The van der Waals surface area contributed by atoms with Crippen LogP contribution in [0.25, 0.3) is 0 Å². The zero-order chi connectivity index (χ0) is 22.8. The molecule has 0 aliphatic heterocycles. The van der Waals surface area contributed by atoms with Crippen molar-refractivity contribution < 1.29 is 19.1 Å². The summed E-state index contributed by atoms with van der Waals surface area (Å²) in [5, 5.41) is 0. The highest BCUT2D eigenvalue weighted by Crippen LogP contribution is 2.11. The van der Waals surface area contributed by atoms with Gasteiger partial charge in [0.1, 0.15) is 0 Å². The number of rotatable bonds is 23. The SMILES string of the molecule is CCCCC/C=C\CCOC(=O)CCCCC(=O)OCCCCCCCCCCCC. The zero-order valence-corrected chi connectivity index (χ0v) is 20.6. The van der Waals surface area contributed by atoms with Crippen LogP contribution in [0.4, 0.5) is 0 Å². The molecule has 0 rings (SSSR count). The molecular weight excluding hydrogens is 388 g/mol. The molecule has 0 N–H and O–H groups in total. The van der Waals surface area contributed by atoms with Crippen LogP contribution < -0.4 is 0 Å². The fraction of sp³-hybridized carbons (Fsp3) is 0.852. The number of hydrogen-bond donors (Lipinski definition) is 0. The molecule has 0 saturated carbocycles. The first kappa shape index (κ1) is 29.7. The molecule has 0 aliphatic rings. The van der Waals surface area contributed by atoms with E-state index in [0.717, 1.165) is 25.7 Å². The normalized spacial score (nSPS) is 11.2. The van der Waals surface area contributed by atoms with Crippen molar-refractivity contribution in [3.8, 4) is 0 Å². The Morgan fingerprint density at radius 2 is 0.968 bits per heavy atom. The van der Waals surface area contributed by atoms with Crippen LogP contribution in [-0.2, 0) is 19.1 Å². The van der Waals surface area contributed by atoms with E-state index >= 15 is 0 Å². The lowest BCUT2D eigenvalue weighted by atomic mass is 10.1. The van der Waals surface area contributed by atoms with Gasteiger partial charge in [0.05, 0.1) is 13.2 Å². The van der Waals surface area contributed by atoms with E-state index in [1.54, 1.807) is 0 Å². The lowest BCUT2D eigenvalue weighted by Gasteiger charge is -2.06. The highest BCUT2D eigenvalue weighted by Gasteiger charge is 2.06. The molecule has 0 amide bonds. The van der Waals surface area contributed by atoms with Gasteiger partial charge in [0.2, 0.25) is 0 Å². The Morgan fingerprint density at radius 3 is 1.55 bits per heavy atom. The average molecular weight is 439 g/mol. The lowest BCUT2D eigenvalue weighted by molar-refractivity contribution is -0.145. The monoisotopic (exact) mass is 438 g/mol. The number of carbonyl (C=O) groups is 2. The van der Waals surface area contributed by atoms with Gasteiger partial charge in [-0.2, -0.15) is 0 Å². The lowest BCUT2D eigenvalue weighted by Crippen LogP contribution is -2.07. The topological polar surface area (TPSA) is 52.6 Å². The molecule has 0 aromatic carbocycles.